The van der Waals surface area contributed by atoms with Gasteiger partial charge in [0.1, 0.15) is 33.1 Å². The quantitative estimate of drug-likeness (QED) is 0.0168. The Morgan fingerprint density at radius 2 is 0.757 bits per heavy atom. The number of carboxylic acids is 2. The van der Waals surface area contributed by atoms with Gasteiger partial charge in [0.05, 0.1) is 70.8 Å². The molecule has 0 fully saturated rings. The van der Waals surface area contributed by atoms with Crippen molar-refractivity contribution in [2.24, 2.45) is 28.2 Å². The molecule has 0 radical (unpaired) electrons. The molecule has 0 saturated heterocycles. The molecule has 9 N–H and O–H groups in total. The summed E-state index contributed by atoms with van der Waals surface area (Å²) in [7, 11) is 9.16. The average molecular weight is 1970 g/mol. The Balaban J connectivity index is 0.000000202. The zero-order chi connectivity index (χ0) is 99.9. The van der Waals surface area contributed by atoms with Crippen molar-refractivity contribution in [3.8, 4) is 44.5 Å². The first-order valence-corrected chi connectivity index (χ1v) is 45.5. The number of carbonyl (C=O) groups excluding carboxylic acids is 2. The first-order chi connectivity index (χ1) is 64.6. The molecule has 0 saturated carbocycles. The van der Waals surface area contributed by atoms with Crippen molar-refractivity contribution in [1.29, 1.82) is 10.8 Å². The number of carbonyl (C=O) groups is 4. The number of benzene rings is 6. The van der Waals surface area contributed by atoms with Crippen LogP contribution in [0.2, 0.25) is 0 Å². The zero-order valence-electron chi connectivity index (χ0n) is 83.1. The number of H-pyrrole nitrogens is 2. The van der Waals surface area contributed by atoms with Crippen LogP contribution in [-0.4, -0.2) is 146 Å². The summed E-state index contributed by atoms with van der Waals surface area (Å²) in [5.41, 5.74) is 15.5. The molecule has 0 aliphatic heterocycles. The van der Waals surface area contributed by atoms with E-state index in [9.17, 15) is 48.6 Å². The molecule has 31 nitrogen and oxygen atoms in total. The van der Waals surface area contributed by atoms with Crippen molar-refractivity contribution in [2.75, 3.05) is 19.5 Å². The van der Waals surface area contributed by atoms with Gasteiger partial charge in [0.2, 0.25) is 0 Å². The van der Waals surface area contributed by atoms with E-state index < -0.39 is 70.7 Å². The number of halogens is 1. The Morgan fingerprint density at radius 1 is 0.429 bits per heavy atom. The van der Waals surface area contributed by atoms with Crippen molar-refractivity contribution in [2.45, 2.75) is 171 Å². The number of fused-ring (bicyclic) bond motifs is 5. The van der Waals surface area contributed by atoms with Gasteiger partial charge in [-0.15, -0.1) is 0 Å². The predicted octanol–water partition coefficient (Wildman–Crippen LogP) is 15.8. The summed E-state index contributed by atoms with van der Waals surface area (Å²) in [6, 6.07) is 54.7. The second-order valence-corrected chi connectivity index (χ2v) is 38.2. The number of ether oxygens (including phenoxy) is 6. The van der Waals surface area contributed by atoms with E-state index in [2.05, 4.69) is 36.2 Å². The Labute approximate surface area is 830 Å². The van der Waals surface area contributed by atoms with Gasteiger partial charge in [0, 0.05) is 115 Å². The minimum absolute atomic E-state index is 0. The number of methoxy groups -OCH3 is 2. The normalized spacial score (nSPS) is 12.9. The van der Waals surface area contributed by atoms with Gasteiger partial charge in [0.15, 0.2) is 24.4 Å². The van der Waals surface area contributed by atoms with Crippen molar-refractivity contribution < 1.29 is 92.3 Å². The Hall–Kier alpha value is -13.8. The fraction of sp³-hybridized carbons (Fsp3) is 0.308. The van der Waals surface area contributed by atoms with E-state index in [-0.39, 0.29) is 63.5 Å². The number of hydrogen-bond acceptors (Lipinski definition) is 20. The molecule has 1 aliphatic rings. The number of esters is 2. The second kappa shape index (κ2) is 45.4. The molecular weight excluding hydrogens is 1840 g/mol. The molecule has 1 aliphatic carbocycles. The summed E-state index contributed by atoms with van der Waals surface area (Å²) in [5.74, 6) is -3.39. The monoisotopic (exact) mass is 1960 g/mol. The molecule has 33 heteroatoms. The largest absolute Gasteiger partial charge is 1.00 e. The van der Waals surface area contributed by atoms with E-state index in [0.29, 0.717) is 90.9 Å². The third-order valence-corrected chi connectivity index (χ3v) is 23.3. The molecule has 730 valence electrons. The summed E-state index contributed by atoms with van der Waals surface area (Å²) in [5, 5.41) is 45.9. The molecular formula is C107H120BrLiN12O19. The maximum absolute atomic E-state index is 13.9. The van der Waals surface area contributed by atoms with Crippen LogP contribution in [0.3, 0.4) is 0 Å². The molecule has 9 aromatic heterocycles. The van der Waals surface area contributed by atoms with Gasteiger partial charge < -0.3 is 87.0 Å². The number of carboxylic acid groups (broad SMARTS) is 2. The maximum Gasteiger partial charge on any atom is 1.00 e. The van der Waals surface area contributed by atoms with Gasteiger partial charge >= 0.3 is 42.7 Å². The smallest absolute Gasteiger partial charge is 0.870 e. The molecule has 16 rings (SSSR count). The molecule has 15 aromatic rings. The molecule has 6 aromatic carbocycles. The summed E-state index contributed by atoms with van der Waals surface area (Å²) in [4.78, 5) is 110. The van der Waals surface area contributed by atoms with Crippen LogP contribution in [0.15, 0.2) is 242 Å². The SMILES string of the molecule is COC(=O)C(OC(C)(C)C)c1c(-c2ccc(C)cc2)c2cc[nH]c2c(=O)n1C.COC(=O)C(OC(C)(C)C)c1c(-c2ccc(C)cc2)c2ccn(Cc3ccc4nonc4c3)c2c(=O)n1C.Cc1ccc(-c2c(C(OC(C)(C)C)C(=O)O)n(C)c(=O)c3[nH]ccc23)cc1.Cc1ccc(-c2c(C(OC(C)(C)C)C(=O)O)n(C)c(=O)c3c2ccn3Cc2ccccc2)cc1.N=C1C=CC(CBr)=CC1=N.O.[Li+].[OH-]. The van der Waals surface area contributed by atoms with E-state index in [4.69, 9.17) is 43.9 Å². The van der Waals surface area contributed by atoms with Crippen LogP contribution >= 0.6 is 15.9 Å². The average Bonchev–Trinajstić information content (AvgIpc) is 1.59. The van der Waals surface area contributed by atoms with Crippen LogP contribution in [0, 0.1) is 38.5 Å². The van der Waals surface area contributed by atoms with Crippen LogP contribution in [0.25, 0.3) is 99.2 Å². The summed E-state index contributed by atoms with van der Waals surface area (Å²) in [6.07, 6.45) is 7.62. The fourth-order valence-electron chi connectivity index (χ4n) is 16.3. The molecule has 140 heavy (non-hydrogen) atoms. The van der Waals surface area contributed by atoms with E-state index >= 15 is 0 Å². The number of aromatic amines is 2. The number of alkyl halides is 1. The number of aromatic nitrogens is 10. The summed E-state index contributed by atoms with van der Waals surface area (Å²) >= 11 is 3.27. The third-order valence-electron chi connectivity index (χ3n) is 22.6. The number of nitrogens with zero attached hydrogens (tertiary/aromatic N) is 8. The second-order valence-electron chi connectivity index (χ2n) is 37.7. The van der Waals surface area contributed by atoms with Gasteiger partial charge in [-0.2, -0.15) is 0 Å². The number of nitrogens with one attached hydrogen (secondary N) is 4. The first kappa shape index (κ1) is 110. The van der Waals surface area contributed by atoms with Crippen molar-refractivity contribution >= 4 is 106 Å². The molecule has 0 amide bonds. The van der Waals surface area contributed by atoms with Crippen molar-refractivity contribution in [3.63, 3.8) is 0 Å². The van der Waals surface area contributed by atoms with Crippen LogP contribution in [0.4, 0.5) is 0 Å². The van der Waals surface area contributed by atoms with E-state index in [1.54, 1.807) is 79.6 Å². The molecule has 0 bridgehead atoms. The van der Waals surface area contributed by atoms with Gasteiger partial charge in [-0.25, -0.2) is 23.8 Å². The number of aryl methyl sites for hydroxylation is 4. The number of rotatable bonds is 21. The van der Waals surface area contributed by atoms with Gasteiger partial charge in [-0.1, -0.05) is 178 Å². The maximum atomic E-state index is 13.9. The number of hydrogen-bond donors (Lipinski definition) is 6. The first-order valence-electron chi connectivity index (χ1n) is 44.4. The van der Waals surface area contributed by atoms with Gasteiger partial charge in [-0.3, -0.25) is 30.0 Å². The molecule has 4 atom stereocenters. The summed E-state index contributed by atoms with van der Waals surface area (Å²) < 4.78 is 48.8. The third kappa shape index (κ3) is 25.1. The number of pyridine rings is 4. The van der Waals surface area contributed by atoms with Crippen LogP contribution in [0.5, 0.6) is 0 Å². The summed E-state index contributed by atoms with van der Waals surface area (Å²) in [6.45, 7) is 31.0. The minimum atomic E-state index is -1.31. The van der Waals surface area contributed by atoms with Crippen LogP contribution in [-0.2, 0) is 88.9 Å². The van der Waals surface area contributed by atoms with E-state index in [1.807, 2.05) is 281 Å². The number of aliphatic carboxylic acids is 2. The fourth-order valence-corrected chi connectivity index (χ4v) is 16.7. The molecule has 9 heterocycles. The Bertz CT molecular complexity index is 7390. The standard InChI is InChI=1S/C29H30N4O5.C28H30N2O4.C22H26N2O4.C21H24N2O4.C7H7BrN2.Li.2H2O/c1-17-7-10-19(11-8-17)23-20-13-14-33(16-18-9-12-21-22(15-18)31-38-30-21)24(20)27(34)32(5)25(23)26(28(35)36-6)37-29(2,3)4;1-18-11-13-20(14-12-18)22-21-15-16-30(17-19-9-7-6-8-10-19)23(21)26(31)29(5)24(22)25(27(32)33)34-28(2,3)4;1-13-7-9-14(10-8-13)16-15-11-12-23-17(15)20(25)24(5)18(16)19(21(26)27-6)28-22(2,3)4;1-12-6-8-13(9-7-12)15-14-10-11-22-16(14)19(24)23(5)17(15)18(20(25)26)27-21(2,3)4;8-4-5-1-2-6(9)7(10)3-5;;;/h7-15,26H,16H2,1-6H3;6-16,25H,17H2,1-5H3,(H,32,33);7-12,19,23H,1-6H3;6-11,18,22H,1-5H3,(H,25,26);1-3,9-10H,4H2;;2*1H2/q;;;;;+1;;/p-1. The molecule has 0 spiro atoms. The predicted molar refractivity (Wildman–Crippen MR) is 544 cm³/mol. The van der Waals surface area contributed by atoms with Gasteiger partial charge in [-0.05, 0) is 209 Å². The van der Waals surface area contributed by atoms with E-state index in [1.165, 1.54) is 32.5 Å². The topological polar surface area (TPSA) is 442 Å². The Kier molecular flexibility index (Phi) is 35.7. The zero-order valence-corrected chi connectivity index (χ0v) is 84.6. The Morgan fingerprint density at radius 3 is 1.09 bits per heavy atom. The van der Waals surface area contributed by atoms with Crippen molar-refractivity contribution in [1.82, 2.24) is 47.7 Å². The van der Waals surface area contributed by atoms with E-state index in [0.717, 1.165) is 88.4 Å². The molecule has 4 unspecified atom stereocenters. The van der Waals surface area contributed by atoms with Crippen LogP contribution in [0.1, 0.15) is 164 Å². The van der Waals surface area contributed by atoms with Crippen molar-refractivity contribution in [3.05, 3.63) is 316 Å². The van der Waals surface area contributed by atoms with Crippen LogP contribution < -0.4 is 41.1 Å². The van der Waals surface area contributed by atoms with Gasteiger partial charge in [0.25, 0.3) is 22.2 Å². The number of allylic oxidation sites excluding steroid dienone is 4. The minimum Gasteiger partial charge on any atom is -0.870 e.